The Labute approximate surface area is 125 Å². The fourth-order valence-corrected chi connectivity index (χ4v) is 2.30. The predicted octanol–water partition coefficient (Wildman–Crippen LogP) is 2.12. The highest BCUT2D eigenvalue weighted by atomic mass is 16.3. The Hall–Kier alpha value is -1.97. The first-order valence-electron chi connectivity index (χ1n) is 7.21. The minimum atomic E-state index is -1.10. The average Bonchev–Trinajstić information content (AvgIpc) is 2.53. The first-order valence-corrected chi connectivity index (χ1v) is 7.21. The summed E-state index contributed by atoms with van der Waals surface area (Å²) in [5.74, 6) is -0.192. The fourth-order valence-electron chi connectivity index (χ4n) is 2.30. The molecule has 0 aliphatic heterocycles. The van der Waals surface area contributed by atoms with Gasteiger partial charge in [-0.15, -0.1) is 0 Å². The van der Waals surface area contributed by atoms with Crippen LogP contribution in [0, 0.1) is 0 Å². The van der Waals surface area contributed by atoms with Crippen LogP contribution in [0.15, 0.2) is 60.7 Å². The standard InChI is InChI=1S/C18H21NO2/c19-16(13-15-9-5-2-6-10-15)18(21)17(20)12-11-14-7-3-1-4-8-14/h1-10,16,18,21H,11-13,19H2. The lowest BCUT2D eigenvalue weighted by atomic mass is 9.96. The third-order valence-electron chi connectivity index (χ3n) is 3.55. The van der Waals surface area contributed by atoms with Crippen molar-refractivity contribution in [2.45, 2.75) is 31.4 Å². The van der Waals surface area contributed by atoms with Gasteiger partial charge in [-0.2, -0.15) is 0 Å². The molecule has 2 atom stereocenters. The molecule has 0 aliphatic rings. The summed E-state index contributed by atoms with van der Waals surface area (Å²) >= 11 is 0. The smallest absolute Gasteiger partial charge is 0.163 e. The van der Waals surface area contributed by atoms with Crippen molar-refractivity contribution in [2.75, 3.05) is 0 Å². The van der Waals surface area contributed by atoms with Gasteiger partial charge in [0.15, 0.2) is 5.78 Å². The van der Waals surface area contributed by atoms with E-state index in [0.29, 0.717) is 19.3 Å². The summed E-state index contributed by atoms with van der Waals surface area (Å²) in [7, 11) is 0. The zero-order chi connectivity index (χ0) is 15.1. The zero-order valence-corrected chi connectivity index (χ0v) is 12.0. The second-order valence-corrected chi connectivity index (χ2v) is 5.25. The number of rotatable bonds is 7. The molecule has 2 rings (SSSR count). The van der Waals surface area contributed by atoms with Gasteiger partial charge in [-0.25, -0.2) is 0 Å². The van der Waals surface area contributed by atoms with Gasteiger partial charge in [0.25, 0.3) is 0 Å². The molecule has 3 heteroatoms. The maximum absolute atomic E-state index is 12.0. The van der Waals surface area contributed by atoms with Gasteiger partial charge >= 0.3 is 0 Å². The highest BCUT2D eigenvalue weighted by Gasteiger charge is 2.22. The van der Waals surface area contributed by atoms with Crippen LogP contribution in [0.4, 0.5) is 0 Å². The number of aliphatic hydroxyl groups excluding tert-OH is 1. The van der Waals surface area contributed by atoms with E-state index in [0.717, 1.165) is 11.1 Å². The molecule has 3 nitrogen and oxygen atoms in total. The maximum atomic E-state index is 12.0. The molecule has 21 heavy (non-hydrogen) atoms. The highest BCUT2D eigenvalue weighted by molar-refractivity contribution is 5.83. The quantitative estimate of drug-likeness (QED) is 0.818. The van der Waals surface area contributed by atoms with E-state index in [9.17, 15) is 9.90 Å². The van der Waals surface area contributed by atoms with Crippen LogP contribution in [0.5, 0.6) is 0 Å². The van der Waals surface area contributed by atoms with Crippen molar-refractivity contribution in [2.24, 2.45) is 5.73 Å². The van der Waals surface area contributed by atoms with Crippen LogP contribution in [0.3, 0.4) is 0 Å². The van der Waals surface area contributed by atoms with Crippen LogP contribution < -0.4 is 5.73 Å². The Balaban J connectivity index is 1.84. The second-order valence-electron chi connectivity index (χ2n) is 5.25. The summed E-state index contributed by atoms with van der Waals surface area (Å²) in [6, 6.07) is 18.9. The van der Waals surface area contributed by atoms with Crippen molar-refractivity contribution in [3.63, 3.8) is 0 Å². The Morgan fingerprint density at radius 1 is 0.952 bits per heavy atom. The Morgan fingerprint density at radius 2 is 1.48 bits per heavy atom. The van der Waals surface area contributed by atoms with Gasteiger partial charge in [0, 0.05) is 12.5 Å². The number of aryl methyl sites for hydroxylation is 1. The topological polar surface area (TPSA) is 63.3 Å². The van der Waals surface area contributed by atoms with Crippen LogP contribution in [0.1, 0.15) is 17.5 Å². The molecule has 0 saturated heterocycles. The molecular formula is C18H21NO2. The lowest BCUT2D eigenvalue weighted by Gasteiger charge is -2.18. The Morgan fingerprint density at radius 3 is 2.05 bits per heavy atom. The fraction of sp³-hybridized carbons (Fsp3) is 0.278. The average molecular weight is 283 g/mol. The SMILES string of the molecule is NC(Cc1ccccc1)C(O)C(=O)CCc1ccccc1. The van der Waals surface area contributed by atoms with Gasteiger partial charge in [0.05, 0.1) is 0 Å². The van der Waals surface area contributed by atoms with Crippen molar-refractivity contribution in [1.82, 2.24) is 0 Å². The molecule has 0 spiro atoms. The van der Waals surface area contributed by atoms with E-state index in [1.165, 1.54) is 0 Å². The summed E-state index contributed by atoms with van der Waals surface area (Å²) in [5, 5.41) is 10.1. The van der Waals surface area contributed by atoms with Crippen molar-refractivity contribution in [3.8, 4) is 0 Å². The molecule has 3 N–H and O–H groups in total. The monoisotopic (exact) mass is 283 g/mol. The van der Waals surface area contributed by atoms with E-state index in [1.54, 1.807) is 0 Å². The Kier molecular flexibility index (Phi) is 5.67. The van der Waals surface area contributed by atoms with E-state index in [-0.39, 0.29) is 5.78 Å². The summed E-state index contributed by atoms with van der Waals surface area (Å²) < 4.78 is 0. The van der Waals surface area contributed by atoms with Crippen molar-refractivity contribution in [3.05, 3.63) is 71.8 Å². The van der Waals surface area contributed by atoms with Gasteiger partial charge in [-0.3, -0.25) is 4.79 Å². The zero-order valence-electron chi connectivity index (χ0n) is 12.0. The number of nitrogens with two attached hydrogens (primary N) is 1. The molecule has 2 aromatic carbocycles. The predicted molar refractivity (Wildman–Crippen MR) is 83.9 cm³/mol. The third-order valence-corrected chi connectivity index (χ3v) is 3.55. The van der Waals surface area contributed by atoms with Crippen LogP contribution >= 0.6 is 0 Å². The third kappa shape index (κ3) is 4.81. The number of hydrogen-bond donors (Lipinski definition) is 2. The van der Waals surface area contributed by atoms with Crippen LogP contribution in [-0.2, 0) is 17.6 Å². The second kappa shape index (κ2) is 7.72. The molecule has 2 aromatic rings. The van der Waals surface area contributed by atoms with Gasteiger partial charge in [-0.05, 0) is 24.0 Å². The molecule has 110 valence electrons. The molecule has 0 saturated carbocycles. The molecule has 0 fully saturated rings. The molecule has 0 aromatic heterocycles. The first-order chi connectivity index (χ1) is 10.2. The van der Waals surface area contributed by atoms with E-state index in [2.05, 4.69) is 0 Å². The number of benzene rings is 2. The molecular weight excluding hydrogens is 262 g/mol. The van der Waals surface area contributed by atoms with Crippen molar-refractivity contribution in [1.29, 1.82) is 0 Å². The van der Waals surface area contributed by atoms with Gasteiger partial charge in [-0.1, -0.05) is 60.7 Å². The van der Waals surface area contributed by atoms with Crippen LogP contribution in [0.25, 0.3) is 0 Å². The van der Waals surface area contributed by atoms with Crippen LogP contribution in [0.2, 0.25) is 0 Å². The van der Waals surface area contributed by atoms with Crippen molar-refractivity contribution >= 4 is 5.78 Å². The van der Waals surface area contributed by atoms with Gasteiger partial charge in [0.2, 0.25) is 0 Å². The number of aliphatic hydroxyl groups is 1. The van der Waals surface area contributed by atoms with E-state index >= 15 is 0 Å². The molecule has 0 bridgehead atoms. The van der Waals surface area contributed by atoms with E-state index in [1.807, 2.05) is 60.7 Å². The van der Waals surface area contributed by atoms with Crippen molar-refractivity contribution < 1.29 is 9.90 Å². The minimum absolute atomic E-state index is 0.192. The lowest BCUT2D eigenvalue weighted by Crippen LogP contribution is -2.42. The Bertz CT molecular complexity index is 554. The van der Waals surface area contributed by atoms with Crippen LogP contribution in [-0.4, -0.2) is 23.0 Å². The first kappa shape index (κ1) is 15.4. The normalized spacial score (nSPS) is 13.6. The molecule has 0 amide bonds. The minimum Gasteiger partial charge on any atom is -0.384 e. The van der Waals surface area contributed by atoms with Gasteiger partial charge < -0.3 is 10.8 Å². The highest BCUT2D eigenvalue weighted by Crippen LogP contribution is 2.09. The van der Waals surface area contributed by atoms with Gasteiger partial charge in [0.1, 0.15) is 6.10 Å². The number of Topliss-reactive ketones (excluding diaryl/α,β-unsaturated/α-hetero) is 1. The number of ketones is 1. The summed E-state index contributed by atoms with van der Waals surface area (Å²) in [4.78, 5) is 12.0. The summed E-state index contributed by atoms with van der Waals surface area (Å²) in [6.45, 7) is 0. The molecule has 0 aliphatic carbocycles. The maximum Gasteiger partial charge on any atom is 0.163 e. The van der Waals surface area contributed by atoms with E-state index < -0.39 is 12.1 Å². The lowest BCUT2D eigenvalue weighted by molar-refractivity contribution is -0.128. The largest absolute Gasteiger partial charge is 0.384 e. The number of hydrogen-bond acceptors (Lipinski definition) is 3. The molecule has 0 radical (unpaired) electrons. The number of carbonyl (C=O) groups excluding carboxylic acids is 1. The molecule has 0 heterocycles. The molecule has 2 unspecified atom stereocenters. The summed E-state index contributed by atoms with van der Waals surface area (Å²) in [5.41, 5.74) is 8.07. The number of carbonyl (C=O) groups is 1. The summed E-state index contributed by atoms with van der Waals surface area (Å²) in [6.07, 6.45) is 0.343. The van der Waals surface area contributed by atoms with E-state index in [4.69, 9.17) is 5.73 Å².